The molecule has 16 heavy (non-hydrogen) atoms. The third-order valence-corrected chi connectivity index (χ3v) is 3.02. The lowest BCUT2D eigenvalue weighted by Gasteiger charge is -2.06. The Bertz CT molecular complexity index is 601. The van der Waals surface area contributed by atoms with Crippen molar-refractivity contribution in [1.82, 2.24) is 14.8 Å². The van der Waals surface area contributed by atoms with Crippen LogP contribution in [0.1, 0.15) is 0 Å². The zero-order valence-electron chi connectivity index (χ0n) is 8.28. The van der Waals surface area contributed by atoms with E-state index in [4.69, 9.17) is 17.0 Å². The Balaban J connectivity index is 2.66. The lowest BCUT2D eigenvalue weighted by molar-refractivity contribution is 0.412. The fourth-order valence-electron chi connectivity index (χ4n) is 1.33. The minimum Gasteiger partial charge on any atom is -0.495 e. The van der Waals surface area contributed by atoms with Gasteiger partial charge in [0.15, 0.2) is 0 Å². The molecule has 0 atom stereocenters. The molecule has 1 heterocycles. The number of H-pyrrole nitrogens is 2. The maximum atomic E-state index is 11.5. The molecular formula is C9H8BrN3O2S. The van der Waals surface area contributed by atoms with Gasteiger partial charge in [-0.25, -0.2) is 14.5 Å². The van der Waals surface area contributed by atoms with Gasteiger partial charge in [-0.05, 0) is 40.3 Å². The highest BCUT2D eigenvalue weighted by Gasteiger charge is 2.06. The number of rotatable bonds is 2. The van der Waals surface area contributed by atoms with E-state index in [1.54, 1.807) is 25.3 Å². The van der Waals surface area contributed by atoms with E-state index in [2.05, 4.69) is 26.1 Å². The van der Waals surface area contributed by atoms with Gasteiger partial charge in [0.2, 0.25) is 4.77 Å². The first-order valence-electron chi connectivity index (χ1n) is 4.37. The van der Waals surface area contributed by atoms with Crippen molar-refractivity contribution in [1.29, 1.82) is 0 Å². The van der Waals surface area contributed by atoms with Crippen molar-refractivity contribution in [3.05, 3.63) is 37.9 Å². The van der Waals surface area contributed by atoms with Crippen molar-refractivity contribution in [2.24, 2.45) is 0 Å². The van der Waals surface area contributed by atoms with Gasteiger partial charge in [-0.3, -0.25) is 5.10 Å². The van der Waals surface area contributed by atoms with Crippen LogP contribution in [0.15, 0.2) is 27.5 Å². The maximum absolute atomic E-state index is 11.5. The number of aromatic nitrogens is 3. The molecule has 0 aliphatic heterocycles. The molecule has 5 nitrogen and oxygen atoms in total. The van der Waals surface area contributed by atoms with Crippen LogP contribution >= 0.6 is 28.1 Å². The van der Waals surface area contributed by atoms with Crippen LogP contribution < -0.4 is 10.4 Å². The van der Waals surface area contributed by atoms with Gasteiger partial charge in [0, 0.05) is 6.07 Å². The van der Waals surface area contributed by atoms with E-state index < -0.39 is 0 Å². The molecule has 0 aliphatic carbocycles. The Kier molecular flexibility index (Phi) is 2.97. The van der Waals surface area contributed by atoms with Gasteiger partial charge in [0.1, 0.15) is 5.75 Å². The Morgan fingerprint density at radius 2 is 2.19 bits per heavy atom. The average Bonchev–Trinajstić information content (AvgIpc) is 2.60. The highest BCUT2D eigenvalue weighted by molar-refractivity contribution is 9.10. The van der Waals surface area contributed by atoms with Crippen LogP contribution in [0.2, 0.25) is 0 Å². The standard InChI is InChI=1S/C9H8BrN3O2S/c1-15-7-4-5(2-3-6(7)10)13-8(14)11-12-9(13)16/h2-4H,1H3,(H,11,14)(H,12,16). The van der Waals surface area contributed by atoms with Crippen LogP contribution in [0.5, 0.6) is 5.75 Å². The van der Waals surface area contributed by atoms with E-state index in [-0.39, 0.29) is 5.69 Å². The van der Waals surface area contributed by atoms with Crippen molar-refractivity contribution >= 4 is 28.1 Å². The Morgan fingerprint density at radius 1 is 1.44 bits per heavy atom. The molecule has 0 fully saturated rings. The first-order valence-corrected chi connectivity index (χ1v) is 5.57. The number of nitrogens with zero attached hydrogens (tertiary/aromatic N) is 1. The number of ether oxygens (including phenoxy) is 1. The summed E-state index contributed by atoms with van der Waals surface area (Å²) in [6, 6.07) is 5.29. The summed E-state index contributed by atoms with van der Waals surface area (Å²) in [6.07, 6.45) is 0. The summed E-state index contributed by atoms with van der Waals surface area (Å²) in [4.78, 5) is 11.5. The summed E-state index contributed by atoms with van der Waals surface area (Å²) in [7, 11) is 1.56. The number of aromatic amines is 2. The average molecular weight is 302 g/mol. The van der Waals surface area contributed by atoms with Gasteiger partial charge in [-0.1, -0.05) is 0 Å². The number of nitrogens with one attached hydrogen (secondary N) is 2. The molecule has 2 rings (SSSR count). The van der Waals surface area contributed by atoms with Crippen LogP contribution in [0, 0.1) is 4.77 Å². The summed E-state index contributed by atoms with van der Waals surface area (Å²) < 4.78 is 7.63. The normalized spacial score (nSPS) is 10.4. The molecule has 7 heteroatoms. The molecule has 1 aromatic heterocycles. The minimum atomic E-state index is -0.311. The molecule has 0 unspecified atom stereocenters. The smallest absolute Gasteiger partial charge is 0.347 e. The molecule has 84 valence electrons. The van der Waals surface area contributed by atoms with Gasteiger partial charge in [0.25, 0.3) is 0 Å². The first-order chi connectivity index (χ1) is 7.63. The Hall–Kier alpha value is -1.34. The van der Waals surface area contributed by atoms with Crippen molar-refractivity contribution in [3.63, 3.8) is 0 Å². The molecule has 2 aromatic rings. The lowest BCUT2D eigenvalue weighted by atomic mass is 10.3. The first kappa shape index (κ1) is 11.2. The van der Waals surface area contributed by atoms with Crippen LogP contribution in [0.25, 0.3) is 5.69 Å². The van der Waals surface area contributed by atoms with Crippen LogP contribution in [-0.2, 0) is 0 Å². The van der Waals surface area contributed by atoms with Crippen LogP contribution in [-0.4, -0.2) is 21.9 Å². The summed E-state index contributed by atoms with van der Waals surface area (Å²) >= 11 is 8.33. The zero-order chi connectivity index (χ0) is 11.7. The molecule has 0 amide bonds. The zero-order valence-corrected chi connectivity index (χ0v) is 10.7. The Morgan fingerprint density at radius 3 is 2.75 bits per heavy atom. The lowest BCUT2D eigenvalue weighted by Crippen LogP contribution is -2.14. The molecule has 2 N–H and O–H groups in total. The number of halogens is 1. The fourth-order valence-corrected chi connectivity index (χ4v) is 1.98. The van der Waals surface area contributed by atoms with Crippen molar-refractivity contribution in [2.45, 2.75) is 0 Å². The van der Waals surface area contributed by atoms with Gasteiger partial charge in [-0.15, -0.1) is 0 Å². The molecular weight excluding hydrogens is 294 g/mol. The van der Waals surface area contributed by atoms with E-state index in [9.17, 15) is 4.79 Å². The highest BCUT2D eigenvalue weighted by Crippen LogP contribution is 2.26. The third-order valence-electron chi connectivity index (χ3n) is 2.08. The summed E-state index contributed by atoms with van der Waals surface area (Å²) in [5.41, 5.74) is 0.335. The van der Waals surface area contributed by atoms with E-state index in [1.807, 2.05) is 0 Å². The Labute approximate surface area is 104 Å². The van der Waals surface area contributed by atoms with Crippen LogP contribution in [0.3, 0.4) is 0 Å². The number of benzene rings is 1. The molecule has 0 saturated carbocycles. The number of methoxy groups -OCH3 is 1. The largest absolute Gasteiger partial charge is 0.495 e. The molecule has 0 aliphatic rings. The van der Waals surface area contributed by atoms with Crippen molar-refractivity contribution in [2.75, 3.05) is 7.11 Å². The van der Waals surface area contributed by atoms with Crippen molar-refractivity contribution < 1.29 is 4.74 Å². The summed E-state index contributed by atoms with van der Waals surface area (Å²) in [5.74, 6) is 0.639. The number of hydrogen-bond acceptors (Lipinski definition) is 3. The van der Waals surface area contributed by atoms with Crippen molar-refractivity contribution in [3.8, 4) is 11.4 Å². The second-order valence-electron chi connectivity index (χ2n) is 3.01. The number of hydrogen-bond donors (Lipinski definition) is 2. The predicted octanol–water partition coefficient (Wildman–Crippen LogP) is 1.99. The van der Waals surface area contributed by atoms with Gasteiger partial charge in [-0.2, -0.15) is 0 Å². The molecule has 0 radical (unpaired) electrons. The fraction of sp³-hybridized carbons (Fsp3) is 0.111. The maximum Gasteiger partial charge on any atom is 0.347 e. The highest BCUT2D eigenvalue weighted by atomic mass is 79.9. The molecule has 0 spiro atoms. The quantitative estimate of drug-likeness (QED) is 0.834. The minimum absolute atomic E-state index is 0.311. The summed E-state index contributed by atoms with van der Waals surface area (Å²) in [5, 5.41) is 4.99. The third kappa shape index (κ3) is 1.83. The van der Waals surface area contributed by atoms with E-state index in [0.717, 1.165) is 4.47 Å². The topological polar surface area (TPSA) is 62.8 Å². The predicted molar refractivity (Wildman–Crippen MR) is 65.8 cm³/mol. The van der Waals surface area contributed by atoms with Gasteiger partial charge >= 0.3 is 5.69 Å². The molecule has 0 saturated heterocycles. The SMILES string of the molecule is COc1cc(-n2c(=O)[nH][nH]c2=S)ccc1Br. The second kappa shape index (κ2) is 4.26. The van der Waals surface area contributed by atoms with E-state index in [1.165, 1.54) is 4.57 Å². The molecule has 0 bridgehead atoms. The van der Waals surface area contributed by atoms with Gasteiger partial charge in [0.05, 0.1) is 17.3 Å². The molecule has 1 aromatic carbocycles. The van der Waals surface area contributed by atoms with Gasteiger partial charge < -0.3 is 4.74 Å². The van der Waals surface area contributed by atoms with Crippen LogP contribution in [0.4, 0.5) is 0 Å². The van der Waals surface area contributed by atoms with E-state index >= 15 is 0 Å². The monoisotopic (exact) mass is 301 g/mol. The van der Waals surface area contributed by atoms with E-state index in [0.29, 0.717) is 16.2 Å². The summed E-state index contributed by atoms with van der Waals surface area (Å²) in [6.45, 7) is 0. The second-order valence-corrected chi connectivity index (χ2v) is 4.26.